The highest BCUT2D eigenvalue weighted by Crippen LogP contribution is 2.23. The number of nitrogens with zero attached hydrogens (tertiary/aromatic N) is 2. The van der Waals surface area contributed by atoms with Gasteiger partial charge in [0.05, 0.1) is 16.3 Å². The van der Waals surface area contributed by atoms with Crippen LogP contribution < -0.4 is 5.32 Å². The van der Waals surface area contributed by atoms with E-state index < -0.39 is 5.82 Å². The van der Waals surface area contributed by atoms with E-state index in [1.54, 1.807) is 29.5 Å². The summed E-state index contributed by atoms with van der Waals surface area (Å²) in [5.41, 5.74) is 3.22. The fourth-order valence-corrected chi connectivity index (χ4v) is 3.29. The van der Waals surface area contributed by atoms with Crippen molar-refractivity contribution in [3.8, 4) is 11.3 Å². The van der Waals surface area contributed by atoms with Crippen molar-refractivity contribution in [1.82, 2.24) is 9.97 Å². The number of hydrogen-bond acceptors (Lipinski definition) is 4. The van der Waals surface area contributed by atoms with Gasteiger partial charge in [0, 0.05) is 28.2 Å². The molecule has 0 bridgehead atoms. The zero-order valence-electron chi connectivity index (χ0n) is 13.9. The monoisotopic (exact) mass is 363 g/mol. The maximum atomic E-state index is 13.7. The summed E-state index contributed by atoms with van der Waals surface area (Å²) in [6, 6.07) is 13.8. The second-order valence-corrected chi connectivity index (χ2v) is 6.88. The summed E-state index contributed by atoms with van der Waals surface area (Å²) in [6.45, 7) is 1.96. The van der Waals surface area contributed by atoms with Gasteiger partial charge >= 0.3 is 0 Å². The van der Waals surface area contributed by atoms with Crippen molar-refractivity contribution in [2.45, 2.75) is 6.92 Å². The van der Waals surface area contributed by atoms with Crippen LogP contribution in [0.4, 0.5) is 10.1 Å². The number of pyridine rings is 1. The molecule has 1 amide bonds. The average Bonchev–Trinajstić information content (AvgIpc) is 3.08. The van der Waals surface area contributed by atoms with Gasteiger partial charge < -0.3 is 5.32 Å². The van der Waals surface area contributed by atoms with E-state index in [2.05, 4.69) is 15.3 Å². The van der Waals surface area contributed by atoms with Crippen LogP contribution >= 0.6 is 11.3 Å². The topological polar surface area (TPSA) is 54.9 Å². The lowest BCUT2D eigenvalue weighted by molar-refractivity contribution is 0.102. The molecular formula is C20H14FN3OS. The molecule has 0 aliphatic heterocycles. The number of anilines is 1. The van der Waals surface area contributed by atoms with Gasteiger partial charge in [-0.2, -0.15) is 0 Å². The van der Waals surface area contributed by atoms with Gasteiger partial charge in [0.25, 0.3) is 5.91 Å². The van der Waals surface area contributed by atoms with Crippen LogP contribution in [0, 0.1) is 12.7 Å². The highest BCUT2D eigenvalue weighted by atomic mass is 32.1. The number of nitrogens with one attached hydrogen (secondary N) is 1. The number of rotatable bonds is 3. The SMILES string of the molecule is Cc1nc(-c2ccc(NC(=O)c3cnc4c(F)cccc4c3)cc2)cs1. The molecule has 0 fully saturated rings. The summed E-state index contributed by atoms with van der Waals surface area (Å²) >= 11 is 1.60. The van der Waals surface area contributed by atoms with Gasteiger partial charge in [0.2, 0.25) is 0 Å². The van der Waals surface area contributed by atoms with E-state index >= 15 is 0 Å². The second-order valence-electron chi connectivity index (χ2n) is 5.82. The Balaban J connectivity index is 1.54. The number of benzene rings is 2. The minimum atomic E-state index is -0.401. The molecule has 0 aliphatic rings. The lowest BCUT2D eigenvalue weighted by Crippen LogP contribution is -2.12. The van der Waals surface area contributed by atoms with Crippen LogP contribution in [-0.2, 0) is 0 Å². The molecule has 2 aromatic heterocycles. The predicted octanol–water partition coefficient (Wildman–Crippen LogP) is 5.06. The molecule has 2 aromatic carbocycles. The number of hydrogen-bond donors (Lipinski definition) is 1. The molecule has 0 radical (unpaired) electrons. The van der Waals surface area contributed by atoms with Gasteiger partial charge in [0.1, 0.15) is 11.3 Å². The van der Waals surface area contributed by atoms with Crippen molar-refractivity contribution in [2.24, 2.45) is 0 Å². The van der Waals surface area contributed by atoms with Crippen LogP contribution in [0.15, 0.2) is 60.1 Å². The maximum absolute atomic E-state index is 13.7. The van der Waals surface area contributed by atoms with Crippen molar-refractivity contribution >= 4 is 33.8 Å². The summed E-state index contributed by atoms with van der Waals surface area (Å²) in [6.07, 6.45) is 1.38. The van der Waals surface area contributed by atoms with E-state index in [0.29, 0.717) is 16.6 Å². The van der Waals surface area contributed by atoms with Crippen LogP contribution in [0.1, 0.15) is 15.4 Å². The van der Waals surface area contributed by atoms with E-state index in [4.69, 9.17) is 0 Å². The number of amides is 1. The number of halogens is 1. The van der Waals surface area contributed by atoms with Crippen LogP contribution in [0.5, 0.6) is 0 Å². The molecule has 128 valence electrons. The first-order valence-electron chi connectivity index (χ1n) is 7.98. The third-order valence-electron chi connectivity index (χ3n) is 3.98. The van der Waals surface area contributed by atoms with Crippen molar-refractivity contribution in [3.63, 3.8) is 0 Å². The molecule has 2 heterocycles. The minimum Gasteiger partial charge on any atom is -0.322 e. The Kier molecular flexibility index (Phi) is 4.18. The number of thiazole rings is 1. The van der Waals surface area contributed by atoms with E-state index in [9.17, 15) is 9.18 Å². The number of para-hydroxylation sites is 1. The number of aryl methyl sites for hydroxylation is 1. The maximum Gasteiger partial charge on any atom is 0.257 e. The van der Waals surface area contributed by atoms with E-state index in [1.165, 1.54) is 12.3 Å². The lowest BCUT2D eigenvalue weighted by Gasteiger charge is -2.07. The Bertz CT molecular complexity index is 1110. The summed E-state index contributed by atoms with van der Waals surface area (Å²) in [5, 5.41) is 6.44. The fourth-order valence-electron chi connectivity index (χ4n) is 2.67. The van der Waals surface area contributed by atoms with Gasteiger partial charge in [0.15, 0.2) is 0 Å². The van der Waals surface area contributed by atoms with E-state index in [1.807, 2.05) is 36.6 Å². The lowest BCUT2D eigenvalue weighted by atomic mass is 10.1. The molecule has 0 saturated heterocycles. The van der Waals surface area contributed by atoms with Crippen molar-refractivity contribution < 1.29 is 9.18 Å². The quantitative estimate of drug-likeness (QED) is 0.554. The Hall–Kier alpha value is -3.12. The number of fused-ring (bicyclic) bond motifs is 1. The van der Waals surface area contributed by atoms with Crippen LogP contribution in [0.3, 0.4) is 0 Å². The number of aromatic nitrogens is 2. The molecule has 26 heavy (non-hydrogen) atoms. The zero-order chi connectivity index (χ0) is 18.1. The van der Waals surface area contributed by atoms with Gasteiger partial charge in [-0.15, -0.1) is 11.3 Å². The normalized spacial score (nSPS) is 10.8. The molecule has 4 nitrogen and oxygen atoms in total. The van der Waals surface area contributed by atoms with Gasteiger partial charge in [-0.05, 0) is 31.2 Å². The third kappa shape index (κ3) is 3.19. The zero-order valence-corrected chi connectivity index (χ0v) is 14.7. The molecule has 4 rings (SSSR count). The minimum absolute atomic E-state index is 0.256. The Labute approximate surface area is 153 Å². The van der Waals surface area contributed by atoms with Gasteiger partial charge in [-0.25, -0.2) is 9.37 Å². The van der Waals surface area contributed by atoms with Crippen LogP contribution in [0.2, 0.25) is 0 Å². The molecular weight excluding hydrogens is 349 g/mol. The second kappa shape index (κ2) is 6.65. The molecule has 0 saturated carbocycles. The predicted molar refractivity (Wildman–Crippen MR) is 102 cm³/mol. The van der Waals surface area contributed by atoms with E-state index in [-0.39, 0.29) is 11.4 Å². The summed E-state index contributed by atoms with van der Waals surface area (Å²) in [7, 11) is 0. The standard InChI is InChI=1S/C20H14FN3OS/c1-12-23-18(11-26-12)13-5-7-16(8-6-13)24-20(25)15-9-14-3-2-4-17(21)19(14)22-10-15/h2-11H,1H3,(H,24,25). The Morgan fingerprint density at radius 1 is 1.15 bits per heavy atom. The number of carbonyl (C=O) groups excluding carboxylic acids is 1. The first kappa shape index (κ1) is 16.4. The molecule has 1 N–H and O–H groups in total. The highest BCUT2D eigenvalue weighted by Gasteiger charge is 2.10. The van der Waals surface area contributed by atoms with Gasteiger partial charge in [-0.1, -0.05) is 24.3 Å². The number of carbonyl (C=O) groups is 1. The van der Waals surface area contributed by atoms with Gasteiger partial charge in [-0.3, -0.25) is 9.78 Å². The first-order valence-corrected chi connectivity index (χ1v) is 8.86. The summed E-state index contributed by atoms with van der Waals surface area (Å²) in [4.78, 5) is 20.9. The molecule has 0 spiro atoms. The van der Waals surface area contributed by atoms with Crippen molar-refractivity contribution in [3.05, 3.63) is 76.5 Å². The van der Waals surface area contributed by atoms with Crippen molar-refractivity contribution in [2.75, 3.05) is 5.32 Å². The molecule has 4 aromatic rings. The molecule has 0 aliphatic carbocycles. The fraction of sp³-hybridized carbons (Fsp3) is 0.0500. The summed E-state index contributed by atoms with van der Waals surface area (Å²) < 4.78 is 13.7. The van der Waals surface area contributed by atoms with E-state index in [0.717, 1.165) is 16.3 Å². The molecule has 0 unspecified atom stereocenters. The average molecular weight is 363 g/mol. The van der Waals surface area contributed by atoms with Crippen LogP contribution in [0.25, 0.3) is 22.2 Å². The Morgan fingerprint density at radius 2 is 1.96 bits per heavy atom. The molecule has 6 heteroatoms. The van der Waals surface area contributed by atoms with Crippen LogP contribution in [-0.4, -0.2) is 15.9 Å². The third-order valence-corrected chi connectivity index (χ3v) is 4.75. The first-order chi connectivity index (χ1) is 12.6. The highest BCUT2D eigenvalue weighted by molar-refractivity contribution is 7.09. The largest absolute Gasteiger partial charge is 0.322 e. The summed E-state index contributed by atoms with van der Waals surface area (Å²) in [5.74, 6) is -0.691. The smallest absolute Gasteiger partial charge is 0.257 e. The van der Waals surface area contributed by atoms with Crippen molar-refractivity contribution in [1.29, 1.82) is 0 Å². The molecule has 0 atom stereocenters. The Morgan fingerprint density at radius 3 is 2.69 bits per heavy atom.